The number of nitrogens with one attached hydrogen (secondary N) is 1. The monoisotopic (exact) mass is 716 g/mol. The Hall–Kier alpha value is -5.43. The molecule has 0 radical (unpaired) electrons. The van der Waals surface area contributed by atoms with Crippen LogP contribution < -0.4 is 9.50 Å². The lowest BCUT2D eigenvalue weighted by Crippen LogP contribution is -2.40. The highest BCUT2D eigenvalue weighted by Gasteiger charge is 2.32. The summed E-state index contributed by atoms with van der Waals surface area (Å²) in [6, 6.07) is 28.5. The number of carbonyl (C=O) groups excluding carboxylic acids is 2. The van der Waals surface area contributed by atoms with Gasteiger partial charge in [0, 0.05) is 31.1 Å². The van der Waals surface area contributed by atoms with E-state index >= 15 is 0 Å². The molecule has 2 amide bonds. The van der Waals surface area contributed by atoms with E-state index in [0.717, 1.165) is 34.9 Å². The van der Waals surface area contributed by atoms with Gasteiger partial charge < -0.3 is 14.4 Å². The number of hydrogen-bond acceptors (Lipinski definition) is 6. The predicted molar refractivity (Wildman–Crippen MR) is 185 cm³/mol. The molecule has 0 bridgehead atoms. The van der Waals surface area contributed by atoms with E-state index < -0.39 is 26.8 Å². The van der Waals surface area contributed by atoms with Gasteiger partial charge in [0.25, 0.3) is 0 Å². The van der Waals surface area contributed by atoms with Crippen LogP contribution in [0, 0.1) is 6.92 Å². The van der Waals surface area contributed by atoms with Gasteiger partial charge in [-0.2, -0.15) is 26.7 Å². The van der Waals surface area contributed by atoms with E-state index in [9.17, 15) is 31.2 Å². The second-order valence-electron chi connectivity index (χ2n) is 12.4. The fourth-order valence-corrected chi connectivity index (χ4v) is 6.98. The topological polar surface area (TPSA) is 111 Å². The van der Waals surface area contributed by atoms with Crippen molar-refractivity contribution in [2.24, 2.45) is 0 Å². The average molecular weight is 717 g/mol. The highest BCUT2D eigenvalue weighted by atomic mass is 32.2. The maximum Gasteiger partial charge on any atom is 0.416 e. The highest BCUT2D eigenvalue weighted by Crippen LogP contribution is 2.36. The van der Waals surface area contributed by atoms with Gasteiger partial charge in [0.15, 0.2) is 5.75 Å². The lowest BCUT2D eigenvalue weighted by atomic mass is 10.1. The third kappa shape index (κ3) is 8.66. The molecule has 6 rings (SSSR count). The predicted octanol–water partition coefficient (Wildman–Crippen LogP) is 6.66. The summed E-state index contributed by atoms with van der Waals surface area (Å²) < 4.78 is 73.4. The summed E-state index contributed by atoms with van der Waals surface area (Å²) in [7, 11) is -4.68. The van der Waals surface area contributed by atoms with Crippen LogP contribution in [0.2, 0.25) is 0 Å². The number of carbonyl (C=O) groups is 2. The molecule has 2 heterocycles. The smallest absolute Gasteiger partial charge is 0.378 e. The summed E-state index contributed by atoms with van der Waals surface area (Å²) in [5.74, 6) is -0.433. The molecule has 264 valence electrons. The van der Waals surface area contributed by atoms with Gasteiger partial charge >= 0.3 is 16.3 Å². The lowest BCUT2D eigenvalue weighted by Gasteiger charge is -2.17. The van der Waals surface area contributed by atoms with E-state index in [4.69, 9.17) is 4.18 Å². The van der Waals surface area contributed by atoms with Crippen molar-refractivity contribution in [3.63, 3.8) is 0 Å². The van der Waals surface area contributed by atoms with Crippen molar-refractivity contribution in [2.75, 3.05) is 13.1 Å². The molecule has 0 spiro atoms. The maximum absolute atomic E-state index is 13.4. The van der Waals surface area contributed by atoms with Crippen molar-refractivity contribution in [3.05, 3.63) is 126 Å². The van der Waals surface area contributed by atoms with Crippen LogP contribution in [0.1, 0.15) is 29.5 Å². The minimum absolute atomic E-state index is 0.0323. The van der Waals surface area contributed by atoms with Gasteiger partial charge in [-0.25, -0.2) is 0 Å². The Morgan fingerprint density at radius 1 is 0.922 bits per heavy atom. The fraction of sp³-hybridized carbons (Fsp3) is 0.237. The largest absolute Gasteiger partial charge is 0.416 e. The Morgan fingerprint density at radius 2 is 1.65 bits per heavy atom. The molecule has 1 N–H and O–H groups in total. The van der Waals surface area contributed by atoms with E-state index in [-0.39, 0.29) is 41.4 Å². The Kier molecular flexibility index (Phi) is 10.3. The third-order valence-electron chi connectivity index (χ3n) is 8.58. The minimum Gasteiger partial charge on any atom is -0.378 e. The molecule has 0 unspecified atom stereocenters. The number of hydrogen-bond donors (Lipinski definition) is 1. The SMILES string of the molecule is Cc1ccc(OS(=O)(=O)c2cccc(C(F)(F)F)c2)c(-c2cc(-c3ccccc3)n(CC(=O)N[C@@H]3CCN(C(=O)CCc4ccccc4)C3)n2)c1. The summed E-state index contributed by atoms with van der Waals surface area (Å²) in [5.41, 5.74) is 2.57. The van der Waals surface area contributed by atoms with Gasteiger partial charge in [0.1, 0.15) is 11.4 Å². The number of aromatic nitrogens is 2. The molecule has 1 aliphatic rings. The number of likely N-dealkylation sites (tertiary alicyclic amines) is 1. The quantitative estimate of drug-likeness (QED) is 0.153. The summed E-state index contributed by atoms with van der Waals surface area (Å²) in [4.78, 5) is 27.4. The number of nitrogens with zero attached hydrogens (tertiary/aromatic N) is 3. The van der Waals surface area contributed by atoms with Gasteiger partial charge in [0.05, 0.1) is 17.0 Å². The third-order valence-corrected chi connectivity index (χ3v) is 9.81. The van der Waals surface area contributed by atoms with Crippen LogP contribution in [-0.4, -0.2) is 54.0 Å². The molecule has 1 aromatic heterocycles. The van der Waals surface area contributed by atoms with Crippen molar-refractivity contribution < 1.29 is 35.4 Å². The van der Waals surface area contributed by atoms with Crippen molar-refractivity contribution in [1.82, 2.24) is 20.0 Å². The van der Waals surface area contributed by atoms with Crippen LogP contribution in [0.15, 0.2) is 114 Å². The first kappa shape index (κ1) is 35.4. The molecule has 13 heteroatoms. The van der Waals surface area contributed by atoms with Gasteiger partial charge in [-0.1, -0.05) is 78.4 Å². The van der Waals surface area contributed by atoms with Crippen LogP contribution in [0.25, 0.3) is 22.5 Å². The first-order valence-corrected chi connectivity index (χ1v) is 17.7. The minimum atomic E-state index is -4.75. The Labute approximate surface area is 293 Å². The summed E-state index contributed by atoms with van der Waals surface area (Å²) in [5, 5.41) is 7.71. The van der Waals surface area contributed by atoms with E-state index in [1.807, 2.05) is 60.7 Å². The Balaban J connectivity index is 1.21. The van der Waals surface area contributed by atoms with E-state index in [1.54, 1.807) is 30.0 Å². The summed E-state index contributed by atoms with van der Waals surface area (Å²) in [6.45, 7) is 2.56. The van der Waals surface area contributed by atoms with Crippen molar-refractivity contribution in [1.29, 1.82) is 0 Å². The molecular formula is C38H35F3N4O5S. The van der Waals surface area contributed by atoms with Gasteiger partial charge in [0.2, 0.25) is 11.8 Å². The zero-order valence-corrected chi connectivity index (χ0v) is 28.5. The fourth-order valence-electron chi connectivity index (χ4n) is 5.99. The van der Waals surface area contributed by atoms with E-state index in [0.29, 0.717) is 44.1 Å². The molecule has 51 heavy (non-hydrogen) atoms. The standard InChI is InChI=1S/C38H35F3N4O5S/c1-26-15-17-35(50-51(48,49)31-14-8-13-29(22-31)38(39,40)41)32(21-26)33-23-34(28-11-6-3-7-12-28)45(43-33)25-36(46)42-30-19-20-44(24-30)37(47)18-16-27-9-4-2-5-10-27/h2-15,17,21-23,30H,16,18-20,24-25H2,1H3,(H,42,46)/t30-/m1/s1. The molecule has 5 aromatic rings. The number of benzene rings is 4. The summed E-state index contributed by atoms with van der Waals surface area (Å²) >= 11 is 0. The van der Waals surface area contributed by atoms with Crippen molar-refractivity contribution >= 4 is 21.9 Å². The van der Waals surface area contributed by atoms with Crippen LogP contribution in [-0.2, 0) is 38.8 Å². The van der Waals surface area contributed by atoms with Crippen LogP contribution in [0.4, 0.5) is 13.2 Å². The molecule has 4 aromatic carbocycles. The average Bonchev–Trinajstić information content (AvgIpc) is 3.76. The molecule has 0 saturated carbocycles. The number of aryl methyl sites for hydroxylation is 2. The van der Waals surface area contributed by atoms with Crippen molar-refractivity contribution in [2.45, 2.75) is 49.8 Å². The van der Waals surface area contributed by atoms with Gasteiger partial charge in [-0.15, -0.1) is 0 Å². The number of halogens is 3. The molecule has 1 atom stereocenters. The molecular weight excluding hydrogens is 682 g/mol. The number of rotatable bonds is 11. The molecule has 0 aliphatic carbocycles. The Morgan fingerprint density at radius 3 is 2.37 bits per heavy atom. The van der Waals surface area contributed by atoms with Gasteiger partial charge in [-0.3, -0.25) is 14.3 Å². The summed E-state index contributed by atoms with van der Waals surface area (Å²) in [6.07, 6.45) is -3.11. The number of amides is 2. The zero-order chi connectivity index (χ0) is 36.2. The number of alkyl halides is 3. The van der Waals surface area contributed by atoms with E-state index in [1.165, 1.54) is 10.7 Å². The lowest BCUT2D eigenvalue weighted by molar-refractivity contribution is -0.137. The second kappa shape index (κ2) is 14.8. The normalized spacial score (nSPS) is 14.7. The van der Waals surface area contributed by atoms with Crippen LogP contribution >= 0.6 is 0 Å². The maximum atomic E-state index is 13.4. The molecule has 1 fully saturated rings. The second-order valence-corrected chi connectivity index (χ2v) is 13.9. The molecule has 1 aliphatic heterocycles. The molecule has 1 saturated heterocycles. The first-order chi connectivity index (χ1) is 24.4. The van der Waals surface area contributed by atoms with Crippen molar-refractivity contribution in [3.8, 4) is 28.3 Å². The molecule has 9 nitrogen and oxygen atoms in total. The van der Waals surface area contributed by atoms with Gasteiger partial charge in [-0.05, 0) is 67.3 Å². The zero-order valence-electron chi connectivity index (χ0n) is 27.6. The highest BCUT2D eigenvalue weighted by molar-refractivity contribution is 7.87. The van der Waals surface area contributed by atoms with Crippen LogP contribution in [0.5, 0.6) is 5.75 Å². The van der Waals surface area contributed by atoms with Crippen LogP contribution in [0.3, 0.4) is 0 Å². The first-order valence-electron chi connectivity index (χ1n) is 16.3. The Bertz CT molecular complexity index is 2140. The van der Waals surface area contributed by atoms with E-state index in [2.05, 4.69) is 10.4 Å².